The van der Waals surface area contributed by atoms with Crippen LogP contribution >= 0.6 is 12.0 Å². The van der Waals surface area contributed by atoms with Crippen molar-refractivity contribution in [3.63, 3.8) is 0 Å². The van der Waals surface area contributed by atoms with Gasteiger partial charge in [0.25, 0.3) is 0 Å². The van der Waals surface area contributed by atoms with Crippen LogP contribution in [0.4, 0.5) is 0 Å². The largest absolute Gasteiger partial charge is 0.387 e. The summed E-state index contributed by atoms with van der Waals surface area (Å²) in [5.74, 6) is 0. The van der Waals surface area contributed by atoms with Crippen molar-refractivity contribution >= 4 is 12.0 Å². The Balaban J connectivity index is 1.76. The Bertz CT molecular complexity index is 888. The first kappa shape index (κ1) is 19.5. The fourth-order valence-corrected chi connectivity index (χ4v) is 3.03. The first-order valence-corrected chi connectivity index (χ1v) is 9.58. The highest BCUT2D eigenvalue weighted by molar-refractivity contribution is 7.94. The Labute approximate surface area is 164 Å². The zero-order valence-corrected chi connectivity index (χ0v) is 16.8. The maximum Gasteiger partial charge on any atom is 0.106 e. The van der Waals surface area contributed by atoms with Crippen LogP contribution in [-0.2, 0) is 4.18 Å². The topological polar surface area (TPSA) is 55.2 Å². The predicted molar refractivity (Wildman–Crippen MR) is 110 cm³/mol. The van der Waals surface area contributed by atoms with E-state index in [1.54, 1.807) is 13.8 Å². The smallest absolute Gasteiger partial charge is 0.106 e. The fraction of sp³-hybridized carbons (Fsp3) is 0.273. The summed E-state index contributed by atoms with van der Waals surface area (Å²) in [6.45, 7) is 7.23. The molecule has 3 aromatic rings. The zero-order chi connectivity index (χ0) is 19.5. The van der Waals surface area contributed by atoms with Crippen LogP contribution in [0.25, 0.3) is 22.5 Å². The third kappa shape index (κ3) is 4.75. The molecule has 0 radical (unpaired) electrons. The lowest BCUT2D eigenvalue weighted by Gasteiger charge is -2.35. The number of hydrogen-bond donors (Lipinski definition) is 1. The van der Waals surface area contributed by atoms with E-state index in [1.165, 1.54) is 12.0 Å². The Morgan fingerprint density at radius 1 is 0.778 bits per heavy atom. The van der Waals surface area contributed by atoms with Crippen molar-refractivity contribution in [2.75, 3.05) is 0 Å². The fourth-order valence-electron chi connectivity index (χ4n) is 2.21. The van der Waals surface area contributed by atoms with Crippen molar-refractivity contribution in [2.45, 2.75) is 43.8 Å². The van der Waals surface area contributed by atoms with Gasteiger partial charge in [-0.2, -0.15) is 0 Å². The highest BCUT2D eigenvalue weighted by Gasteiger charge is 2.36. The molecule has 0 saturated heterocycles. The molecule has 0 amide bonds. The van der Waals surface area contributed by atoms with Gasteiger partial charge in [-0.3, -0.25) is 0 Å². The molecule has 1 N–H and O–H groups in total. The summed E-state index contributed by atoms with van der Waals surface area (Å²) in [6.07, 6.45) is 0. The summed E-state index contributed by atoms with van der Waals surface area (Å²) < 4.78 is 5.88. The Morgan fingerprint density at radius 2 is 1.37 bits per heavy atom. The second-order valence-electron chi connectivity index (χ2n) is 7.43. The molecular weight excluding hydrogens is 356 g/mol. The summed E-state index contributed by atoms with van der Waals surface area (Å²) in [5.41, 5.74) is 2.03. The van der Waals surface area contributed by atoms with Gasteiger partial charge < -0.3 is 9.29 Å². The van der Waals surface area contributed by atoms with Gasteiger partial charge in [-0.25, -0.2) is 0 Å². The van der Waals surface area contributed by atoms with E-state index in [9.17, 15) is 5.11 Å². The SMILES string of the molecule is CC(C)(O)C(C)(C)OSc1cccc(-c2ccc(-c3ccccc3)nn2)c1. The number of nitrogens with zero attached hydrogens (tertiary/aromatic N) is 2. The molecule has 0 aliphatic carbocycles. The molecule has 140 valence electrons. The first-order chi connectivity index (χ1) is 12.8. The van der Waals surface area contributed by atoms with Crippen molar-refractivity contribution in [1.82, 2.24) is 10.2 Å². The average Bonchev–Trinajstić information content (AvgIpc) is 2.67. The van der Waals surface area contributed by atoms with Crippen molar-refractivity contribution in [3.8, 4) is 22.5 Å². The number of benzene rings is 2. The van der Waals surface area contributed by atoms with Gasteiger partial charge >= 0.3 is 0 Å². The van der Waals surface area contributed by atoms with Gasteiger partial charge in [0.1, 0.15) is 5.60 Å². The predicted octanol–water partition coefficient (Wildman–Crippen LogP) is 5.38. The highest BCUT2D eigenvalue weighted by atomic mass is 32.2. The quantitative estimate of drug-likeness (QED) is 0.582. The van der Waals surface area contributed by atoms with Crippen LogP contribution in [0.5, 0.6) is 0 Å². The molecule has 27 heavy (non-hydrogen) atoms. The lowest BCUT2D eigenvalue weighted by Crippen LogP contribution is -2.45. The third-order valence-electron chi connectivity index (χ3n) is 4.68. The minimum absolute atomic E-state index is 0.690. The van der Waals surface area contributed by atoms with Crippen LogP contribution in [0.15, 0.2) is 71.6 Å². The molecule has 0 bridgehead atoms. The van der Waals surface area contributed by atoms with Gasteiger partial charge in [-0.1, -0.05) is 42.5 Å². The van der Waals surface area contributed by atoms with Crippen molar-refractivity contribution < 1.29 is 9.29 Å². The lowest BCUT2D eigenvalue weighted by molar-refractivity contribution is -0.0813. The summed E-state index contributed by atoms with van der Waals surface area (Å²) in [7, 11) is 0. The van der Waals surface area contributed by atoms with Crippen molar-refractivity contribution in [2.24, 2.45) is 0 Å². The number of rotatable bonds is 6. The Hall–Kier alpha value is -2.21. The zero-order valence-electron chi connectivity index (χ0n) is 16.0. The molecule has 4 nitrogen and oxygen atoms in total. The van der Waals surface area contributed by atoms with E-state index < -0.39 is 11.2 Å². The third-order valence-corrected chi connectivity index (χ3v) is 5.63. The van der Waals surface area contributed by atoms with E-state index in [0.717, 1.165) is 27.4 Å². The molecule has 1 heterocycles. The number of aliphatic hydroxyl groups is 1. The maximum atomic E-state index is 10.2. The minimum atomic E-state index is -0.948. The van der Waals surface area contributed by atoms with Gasteiger partial charge in [0.15, 0.2) is 0 Å². The van der Waals surface area contributed by atoms with Gasteiger partial charge in [0.05, 0.1) is 17.0 Å². The van der Waals surface area contributed by atoms with Gasteiger partial charge in [-0.15, -0.1) is 10.2 Å². The molecule has 0 fully saturated rings. The maximum absolute atomic E-state index is 10.2. The van der Waals surface area contributed by atoms with Gasteiger partial charge in [0, 0.05) is 28.1 Å². The van der Waals surface area contributed by atoms with Crippen LogP contribution < -0.4 is 0 Å². The summed E-state index contributed by atoms with van der Waals surface area (Å²) in [6, 6.07) is 21.9. The molecular formula is C22H24N2O2S. The number of aromatic nitrogens is 2. The Morgan fingerprint density at radius 3 is 1.96 bits per heavy atom. The van der Waals surface area contributed by atoms with E-state index >= 15 is 0 Å². The van der Waals surface area contributed by atoms with E-state index in [4.69, 9.17) is 4.18 Å². The number of hydrogen-bond acceptors (Lipinski definition) is 5. The minimum Gasteiger partial charge on any atom is -0.387 e. The second-order valence-corrected chi connectivity index (χ2v) is 8.24. The molecule has 5 heteroatoms. The van der Waals surface area contributed by atoms with Crippen LogP contribution in [-0.4, -0.2) is 26.5 Å². The normalized spacial score (nSPS) is 12.2. The van der Waals surface area contributed by atoms with E-state index in [0.29, 0.717) is 0 Å². The van der Waals surface area contributed by atoms with Crippen LogP contribution in [0.2, 0.25) is 0 Å². The standard InChI is InChI=1S/C22H24N2O2S/c1-21(2,25)22(3,4)26-27-18-12-8-11-17(15-18)20-14-13-19(23-24-20)16-9-6-5-7-10-16/h5-15,25H,1-4H3. The molecule has 2 aromatic carbocycles. The molecule has 1 aromatic heterocycles. The molecule has 0 spiro atoms. The van der Waals surface area contributed by atoms with E-state index in [2.05, 4.69) is 10.2 Å². The molecule has 0 atom stereocenters. The summed E-state index contributed by atoms with van der Waals surface area (Å²) in [5, 5.41) is 18.9. The van der Waals surface area contributed by atoms with Crippen molar-refractivity contribution in [3.05, 3.63) is 66.7 Å². The molecule has 0 unspecified atom stereocenters. The first-order valence-electron chi connectivity index (χ1n) is 8.84. The average molecular weight is 381 g/mol. The monoisotopic (exact) mass is 380 g/mol. The summed E-state index contributed by atoms with van der Waals surface area (Å²) in [4.78, 5) is 0.943. The molecule has 0 aliphatic rings. The van der Waals surface area contributed by atoms with Crippen LogP contribution in [0, 0.1) is 0 Å². The van der Waals surface area contributed by atoms with Gasteiger partial charge in [-0.05, 0) is 52.0 Å². The van der Waals surface area contributed by atoms with Crippen LogP contribution in [0.3, 0.4) is 0 Å². The van der Waals surface area contributed by atoms with Gasteiger partial charge in [0.2, 0.25) is 0 Å². The summed E-state index contributed by atoms with van der Waals surface area (Å²) >= 11 is 1.25. The highest BCUT2D eigenvalue weighted by Crippen LogP contribution is 2.34. The van der Waals surface area contributed by atoms with E-state index in [1.807, 2.05) is 80.6 Å². The lowest BCUT2D eigenvalue weighted by atomic mass is 9.90. The Kier molecular flexibility index (Phi) is 5.65. The second kappa shape index (κ2) is 7.80. The molecule has 0 saturated carbocycles. The van der Waals surface area contributed by atoms with Crippen molar-refractivity contribution in [1.29, 1.82) is 0 Å². The molecule has 3 rings (SSSR count). The molecule has 0 aliphatic heterocycles. The van der Waals surface area contributed by atoms with E-state index in [-0.39, 0.29) is 0 Å². The van der Waals surface area contributed by atoms with Crippen LogP contribution in [0.1, 0.15) is 27.7 Å².